The third kappa shape index (κ3) is 4.97. The number of likely N-dealkylation sites (tertiary alicyclic amines) is 1. The monoisotopic (exact) mass is 473 g/mol. The van der Waals surface area contributed by atoms with Crippen molar-refractivity contribution in [2.45, 2.75) is 36.6 Å². The molecule has 0 bridgehead atoms. The van der Waals surface area contributed by atoms with Crippen LogP contribution in [0.4, 0.5) is 0 Å². The van der Waals surface area contributed by atoms with Crippen molar-refractivity contribution in [3.8, 4) is 0 Å². The molecule has 1 aliphatic rings. The largest absolute Gasteiger partial charge is 0.468 e. The van der Waals surface area contributed by atoms with Crippen molar-refractivity contribution in [1.29, 1.82) is 0 Å². The van der Waals surface area contributed by atoms with Crippen LogP contribution in [0, 0.1) is 0 Å². The van der Waals surface area contributed by atoms with Crippen molar-refractivity contribution in [3.63, 3.8) is 0 Å². The van der Waals surface area contributed by atoms with E-state index < -0.39 is 10.0 Å². The molecule has 3 heterocycles. The van der Waals surface area contributed by atoms with Crippen LogP contribution in [0.2, 0.25) is 0 Å². The van der Waals surface area contributed by atoms with Crippen LogP contribution in [-0.4, -0.2) is 66.8 Å². The van der Waals surface area contributed by atoms with Gasteiger partial charge in [0.25, 0.3) is 0 Å². The van der Waals surface area contributed by atoms with Gasteiger partial charge in [-0.1, -0.05) is 0 Å². The lowest BCUT2D eigenvalue weighted by Crippen LogP contribution is -2.36. The molecule has 4 rings (SSSR count). The van der Waals surface area contributed by atoms with Crippen LogP contribution < -0.4 is 5.32 Å². The van der Waals surface area contributed by atoms with E-state index in [1.807, 2.05) is 23.7 Å². The standard InChI is InChI=1S/C23H31N5O4S/c1-26(2)33(30,31)17-8-9-19-18(15-17)25-22(27(19)3)10-11-23(29)24-16-20(21-7-6-14-32-21)28-12-4-5-13-28/h6-9,14-15,20H,4-5,10-13,16H2,1-3H3,(H,24,29)/t20-/m0/s1. The summed E-state index contributed by atoms with van der Waals surface area (Å²) in [7, 11) is 1.35. The van der Waals surface area contributed by atoms with Gasteiger partial charge in [0, 0.05) is 40.5 Å². The Hall–Kier alpha value is -2.69. The van der Waals surface area contributed by atoms with Gasteiger partial charge in [-0.2, -0.15) is 0 Å². The fraction of sp³-hybridized carbons (Fsp3) is 0.478. The SMILES string of the molecule is CN(C)S(=O)(=O)c1ccc2c(c1)nc(CCC(=O)NC[C@@H](c1ccco1)N1CCCC1)n2C. The number of aromatic nitrogens is 2. The number of nitrogens with one attached hydrogen (secondary N) is 1. The van der Waals surface area contributed by atoms with E-state index in [2.05, 4.69) is 15.2 Å². The molecule has 33 heavy (non-hydrogen) atoms. The predicted octanol–water partition coefficient (Wildman–Crippen LogP) is 2.30. The zero-order chi connectivity index (χ0) is 23.6. The Morgan fingerprint density at radius 1 is 1.24 bits per heavy atom. The van der Waals surface area contributed by atoms with Crippen molar-refractivity contribution in [3.05, 3.63) is 48.2 Å². The number of imidazole rings is 1. The molecule has 1 aliphatic heterocycles. The van der Waals surface area contributed by atoms with Crippen LogP contribution in [0.25, 0.3) is 11.0 Å². The number of amides is 1. The van der Waals surface area contributed by atoms with E-state index in [-0.39, 0.29) is 16.8 Å². The predicted molar refractivity (Wildman–Crippen MR) is 125 cm³/mol. The van der Waals surface area contributed by atoms with Gasteiger partial charge >= 0.3 is 0 Å². The van der Waals surface area contributed by atoms with Crippen molar-refractivity contribution in [1.82, 2.24) is 24.1 Å². The van der Waals surface area contributed by atoms with Gasteiger partial charge in [0.15, 0.2) is 0 Å². The molecule has 10 heteroatoms. The lowest BCUT2D eigenvalue weighted by molar-refractivity contribution is -0.121. The fourth-order valence-corrected chi connectivity index (χ4v) is 5.21. The number of rotatable bonds is 9. The molecule has 2 aromatic heterocycles. The first-order valence-electron chi connectivity index (χ1n) is 11.2. The summed E-state index contributed by atoms with van der Waals surface area (Å²) in [6.45, 7) is 2.51. The Morgan fingerprint density at radius 3 is 2.67 bits per heavy atom. The van der Waals surface area contributed by atoms with Gasteiger partial charge in [0.2, 0.25) is 15.9 Å². The molecule has 0 spiro atoms. The maximum absolute atomic E-state index is 12.6. The fourth-order valence-electron chi connectivity index (χ4n) is 4.29. The lowest BCUT2D eigenvalue weighted by atomic mass is 10.2. The zero-order valence-corrected chi connectivity index (χ0v) is 20.1. The molecule has 0 radical (unpaired) electrons. The minimum Gasteiger partial charge on any atom is -0.468 e. The van der Waals surface area contributed by atoms with Crippen LogP contribution in [0.3, 0.4) is 0 Å². The number of hydrogen-bond acceptors (Lipinski definition) is 6. The Balaban J connectivity index is 1.40. The summed E-state index contributed by atoms with van der Waals surface area (Å²) in [6.07, 6.45) is 4.75. The third-order valence-electron chi connectivity index (χ3n) is 6.24. The van der Waals surface area contributed by atoms with E-state index in [1.165, 1.54) is 18.4 Å². The summed E-state index contributed by atoms with van der Waals surface area (Å²) in [6, 6.07) is 8.80. The van der Waals surface area contributed by atoms with E-state index in [4.69, 9.17) is 4.42 Å². The molecule has 178 valence electrons. The zero-order valence-electron chi connectivity index (χ0n) is 19.3. The van der Waals surface area contributed by atoms with Gasteiger partial charge in [-0.15, -0.1) is 0 Å². The highest BCUT2D eigenvalue weighted by atomic mass is 32.2. The van der Waals surface area contributed by atoms with E-state index >= 15 is 0 Å². The van der Waals surface area contributed by atoms with Crippen LogP contribution in [0.1, 0.15) is 36.9 Å². The molecule has 1 amide bonds. The van der Waals surface area contributed by atoms with Crippen LogP contribution in [0.5, 0.6) is 0 Å². The van der Waals surface area contributed by atoms with E-state index in [1.54, 1.807) is 24.5 Å². The summed E-state index contributed by atoms with van der Waals surface area (Å²) in [5, 5.41) is 3.05. The molecule has 9 nitrogen and oxygen atoms in total. The van der Waals surface area contributed by atoms with Crippen molar-refractivity contribution >= 4 is 27.0 Å². The molecular weight excluding hydrogens is 442 g/mol. The first-order chi connectivity index (χ1) is 15.8. The number of fused-ring (bicyclic) bond motifs is 1. The molecule has 1 atom stereocenters. The number of sulfonamides is 1. The Kier molecular flexibility index (Phi) is 6.87. The maximum atomic E-state index is 12.6. The average Bonchev–Trinajstić information content (AvgIpc) is 3.55. The lowest BCUT2D eigenvalue weighted by Gasteiger charge is -2.26. The molecular formula is C23H31N5O4S. The van der Waals surface area contributed by atoms with E-state index in [0.717, 1.165) is 43.0 Å². The molecule has 0 saturated carbocycles. The molecule has 1 saturated heterocycles. The minimum atomic E-state index is -3.53. The highest BCUT2D eigenvalue weighted by Gasteiger charge is 2.26. The van der Waals surface area contributed by atoms with Crippen LogP contribution >= 0.6 is 0 Å². The number of carbonyl (C=O) groups excluding carboxylic acids is 1. The quantitative estimate of drug-likeness (QED) is 0.512. The van der Waals surface area contributed by atoms with E-state index in [0.29, 0.717) is 24.9 Å². The molecule has 1 aromatic carbocycles. The van der Waals surface area contributed by atoms with Gasteiger partial charge in [-0.3, -0.25) is 9.69 Å². The molecule has 1 N–H and O–H groups in total. The number of furan rings is 1. The van der Waals surface area contributed by atoms with Gasteiger partial charge in [-0.05, 0) is 56.3 Å². The summed E-state index contributed by atoms with van der Waals surface area (Å²) < 4.78 is 33.5. The molecule has 0 aliphatic carbocycles. The smallest absolute Gasteiger partial charge is 0.242 e. The topological polar surface area (TPSA) is 101 Å². The summed E-state index contributed by atoms with van der Waals surface area (Å²) in [5.74, 6) is 1.56. The van der Waals surface area contributed by atoms with Crippen LogP contribution in [-0.2, 0) is 28.3 Å². The first-order valence-corrected chi connectivity index (χ1v) is 12.6. The Labute approximate surface area is 194 Å². The number of hydrogen-bond donors (Lipinski definition) is 1. The number of carbonyl (C=O) groups is 1. The number of nitrogens with zero attached hydrogens (tertiary/aromatic N) is 4. The van der Waals surface area contributed by atoms with Gasteiger partial charge in [0.1, 0.15) is 11.6 Å². The second-order valence-electron chi connectivity index (χ2n) is 8.60. The maximum Gasteiger partial charge on any atom is 0.242 e. The normalized spacial score (nSPS) is 16.0. The summed E-state index contributed by atoms with van der Waals surface area (Å²) in [4.78, 5) is 19.8. The van der Waals surface area contributed by atoms with Crippen LogP contribution in [0.15, 0.2) is 45.9 Å². The van der Waals surface area contributed by atoms with E-state index in [9.17, 15) is 13.2 Å². The van der Waals surface area contributed by atoms with Crippen molar-refractivity contribution < 1.29 is 17.6 Å². The molecule has 3 aromatic rings. The Morgan fingerprint density at radius 2 is 2.00 bits per heavy atom. The second kappa shape index (κ2) is 9.66. The van der Waals surface area contributed by atoms with Crippen molar-refractivity contribution in [2.24, 2.45) is 7.05 Å². The summed E-state index contributed by atoms with van der Waals surface area (Å²) >= 11 is 0. The van der Waals surface area contributed by atoms with Gasteiger partial charge in [-0.25, -0.2) is 17.7 Å². The molecule has 1 fully saturated rings. The minimum absolute atomic E-state index is 0.0410. The van der Waals surface area contributed by atoms with Gasteiger partial charge < -0.3 is 14.3 Å². The molecule has 0 unspecified atom stereocenters. The average molecular weight is 474 g/mol. The van der Waals surface area contributed by atoms with Crippen molar-refractivity contribution in [2.75, 3.05) is 33.7 Å². The Bertz CT molecular complexity index is 1210. The number of benzene rings is 1. The summed E-state index contributed by atoms with van der Waals surface area (Å²) in [5.41, 5.74) is 1.43. The highest BCUT2D eigenvalue weighted by Crippen LogP contribution is 2.25. The second-order valence-corrected chi connectivity index (χ2v) is 10.8. The number of aryl methyl sites for hydroxylation is 2. The van der Waals surface area contributed by atoms with Gasteiger partial charge in [0.05, 0.1) is 28.2 Å². The first kappa shape index (κ1) is 23.5. The highest BCUT2D eigenvalue weighted by molar-refractivity contribution is 7.89. The third-order valence-corrected chi connectivity index (χ3v) is 8.06.